The van der Waals surface area contributed by atoms with E-state index in [4.69, 9.17) is 16.1 Å². The third-order valence-corrected chi connectivity index (χ3v) is 4.33. The number of nitrogens with one attached hydrogen (secondary N) is 2. The first-order valence-electron chi connectivity index (χ1n) is 9.13. The zero-order valence-corrected chi connectivity index (χ0v) is 16.1. The molecule has 0 saturated carbocycles. The number of hydrogen-bond acceptors (Lipinski definition) is 3. The van der Waals surface area contributed by atoms with Gasteiger partial charge in [0.15, 0.2) is 0 Å². The summed E-state index contributed by atoms with van der Waals surface area (Å²) >= 11 is 0. The first kappa shape index (κ1) is 19.1. The van der Waals surface area contributed by atoms with Crippen LogP contribution in [0, 0.1) is 12.3 Å². The Labute approximate surface area is 162 Å². The molecule has 0 atom stereocenters. The van der Waals surface area contributed by atoms with Gasteiger partial charge in [0.05, 0.1) is 16.7 Å². The monoisotopic (exact) mass is 373 g/mol. The van der Waals surface area contributed by atoms with Crippen LogP contribution in [-0.4, -0.2) is 21.0 Å². The molecule has 4 rings (SSSR count). The zero-order chi connectivity index (χ0) is 20.3. The zero-order valence-electron chi connectivity index (χ0n) is 16.1. The van der Waals surface area contributed by atoms with E-state index in [1.807, 2.05) is 63.4 Å². The smallest absolute Gasteiger partial charge is 0.213 e. The lowest BCUT2D eigenvalue weighted by Crippen LogP contribution is -2.13. The molecule has 2 heterocycles. The van der Waals surface area contributed by atoms with Crippen LogP contribution < -0.4 is 11.1 Å². The number of fused-ring (bicyclic) bond motifs is 2. The maximum atomic E-state index is 9.74. The summed E-state index contributed by atoms with van der Waals surface area (Å²) in [4.78, 5) is 12.4. The SMILES string of the molecule is CC.Cc1cc(O)ccc1-c1nc2ccccc2/c(=N/C(=N)N)c2[nH]ccc12. The number of phenols is 1. The second-order valence-corrected chi connectivity index (χ2v) is 6.09. The summed E-state index contributed by atoms with van der Waals surface area (Å²) in [5.41, 5.74) is 9.68. The average molecular weight is 373 g/mol. The van der Waals surface area contributed by atoms with Gasteiger partial charge in [0.25, 0.3) is 0 Å². The van der Waals surface area contributed by atoms with Gasteiger partial charge < -0.3 is 15.8 Å². The first-order valence-corrected chi connectivity index (χ1v) is 9.13. The van der Waals surface area contributed by atoms with Crippen molar-refractivity contribution in [3.05, 3.63) is 65.6 Å². The highest BCUT2D eigenvalue weighted by molar-refractivity contribution is 5.99. The van der Waals surface area contributed by atoms with Gasteiger partial charge in [-0.05, 0) is 42.8 Å². The molecule has 0 unspecified atom stereocenters. The molecule has 0 fully saturated rings. The summed E-state index contributed by atoms with van der Waals surface area (Å²) in [5.74, 6) is -0.0476. The minimum absolute atomic E-state index is 0.217. The topological polar surface area (TPSA) is 111 Å². The van der Waals surface area contributed by atoms with Crippen LogP contribution >= 0.6 is 0 Å². The van der Waals surface area contributed by atoms with Gasteiger partial charge in [-0.25, -0.2) is 9.98 Å². The van der Waals surface area contributed by atoms with E-state index in [0.29, 0.717) is 5.36 Å². The predicted octanol–water partition coefficient (Wildman–Crippen LogP) is 4.22. The van der Waals surface area contributed by atoms with Crippen molar-refractivity contribution in [2.24, 2.45) is 10.7 Å². The highest BCUT2D eigenvalue weighted by Gasteiger charge is 2.12. The highest BCUT2D eigenvalue weighted by atomic mass is 16.3. The number of H-pyrrole nitrogens is 1. The fourth-order valence-corrected chi connectivity index (χ4v) is 3.20. The molecule has 2 aromatic carbocycles. The molecule has 4 aromatic rings. The van der Waals surface area contributed by atoms with Crippen molar-refractivity contribution < 1.29 is 5.11 Å². The number of guanidine groups is 1. The third-order valence-electron chi connectivity index (χ3n) is 4.33. The second kappa shape index (κ2) is 7.92. The molecule has 0 amide bonds. The van der Waals surface area contributed by atoms with E-state index in [1.165, 1.54) is 0 Å². The van der Waals surface area contributed by atoms with Crippen molar-refractivity contribution in [3.8, 4) is 17.0 Å². The van der Waals surface area contributed by atoms with Crippen LogP contribution in [-0.2, 0) is 0 Å². The van der Waals surface area contributed by atoms with Crippen LogP contribution in [0.4, 0.5) is 0 Å². The maximum Gasteiger partial charge on any atom is 0.213 e. The minimum Gasteiger partial charge on any atom is -0.508 e. The van der Waals surface area contributed by atoms with E-state index in [9.17, 15) is 5.11 Å². The highest BCUT2D eigenvalue weighted by Crippen LogP contribution is 2.30. The summed E-state index contributed by atoms with van der Waals surface area (Å²) in [5, 5.41) is 19.6. The van der Waals surface area contributed by atoms with Gasteiger partial charge in [0.2, 0.25) is 5.96 Å². The fourth-order valence-electron chi connectivity index (χ4n) is 3.20. The van der Waals surface area contributed by atoms with Gasteiger partial charge >= 0.3 is 0 Å². The van der Waals surface area contributed by atoms with Crippen LogP contribution in [0.2, 0.25) is 0 Å². The molecule has 6 nitrogen and oxygen atoms in total. The summed E-state index contributed by atoms with van der Waals surface area (Å²) < 4.78 is 0. The van der Waals surface area contributed by atoms with Crippen molar-refractivity contribution in [2.45, 2.75) is 20.8 Å². The number of aryl methyl sites for hydroxylation is 1. The number of nitrogens with zero attached hydrogens (tertiary/aromatic N) is 2. The lowest BCUT2D eigenvalue weighted by atomic mass is 10.0. The Morgan fingerprint density at radius 1 is 1.11 bits per heavy atom. The van der Waals surface area contributed by atoms with Crippen LogP contribution in [0.1, 0.15) is 19.4 Å². The van der Waals surface area contributed by atoms with Crippen LogP contribution in [0.3, 0.4) is 0 Å². The lowest BCUT2D eigenvalue weighted by Gasteiger charge is -2.05. The van der Waals surface area contributed by atoms with E-state index in [-0.39, 0.29) is 11.7 Å². The molecule has 0 bridgehead atoms. The molecule has 0 aliphatic rings. The van der Waals surface area contributed by atoms with Crippen molar-refractivity contribution in [1.82, 2.24) is 9.97 Å². The molecule has 0 saturated heterocycles. The maximum absolute atomic E-state index is 9.74. The minimum atomic E-state index is -0.264. The Morgan fingerprint density at radius 2 is 1.86 bits per heavy atom. The van der Waals surface area contributed by atoms with E-state index in [2.05, 4.69) is 9.98 Å². The molecule has 2 aromatic heterocycles. The van der Waals surface area contributed by atoms with Crippen LogP contribution in [0.15, 0.2) is 59.7 Å². The number of aromatic nitrogens is 2. The Balaban J connectivity index is 0.00000109. The van der Waals surface area contributed by atoms with Gasteiger partial charge in [-0.15, -0.1) is 0 Å². The van der Waals surface area contributed by atoms with E-state index in [1.54, 1.807) is 12.1 Å². The molecular formula is C22H23N5O. The summed E-state index contributed by atoms with van der Waals surface area (Å²) in [6.07, 6.45) is 1.82. The van der Waals surface area contributed by atoms with Crippen LogP contribution in [0.5, 0.6) is 5.75 Å². The Morgan fingerprint density at radius 3 is 2.57 bits per heavy atom. The predicted molar refractivity (Wildman–Crippen MR) is 114 cm³/mol. The third kappa shape index (κ3) is 3.44. The Kier molecular flexibility index (Phi) is 5.40. The molecule has 0 spiro atoms. The number of benzene rings is 2. The number of rotatable bonds is 1. The summed E-state index contributed by atoms with van der Waals surface area (Å²) in [6, 6.07) is 14.8. The Hall–Kier alpha value is -3.67. The van der Waals surface area contributed by atoms with Crippen LogP contribution in [0.25, 0.3) is 33.1 Å². The first-order chi connectivity index (χ1) is 13.5. The molecule has 0 aliphatic carbocycles. The largest absolute Gasteiger partial charge is 0.508 e. The molecule has 142 valence electrons. The molecule has 0 aliphatic heterocycles. The quantitative estimate of drug-likeness (QED) is 0.296. The van der Waals surface area contributed by atoms with Crippen molar-refractivity contribution in [1.29, 1.82) is 5.41 Å². The van der Waals surface area contributed by atoms with Gasteiger partial charge in [-0.3, -0.25) is 5.41 Å². The van der Waals surface area contributed by atoms with Gasteiger partial charge in [0, 0.05) is 22.5 Å². The van der Waals surface area contributed by atoms with Gasteiger partial charge in [0.1, 0.15) is 11.1 Å². The van der Waals surface area contributed by atoms with Crippen molar-refractivity contribution in [2.75, 3.05) is 0 Å². The number of para-hydroxylation sites is 1. The number of aromatic amines is 1. The van der Waals surface area contributed by atoms with Gasteiger partial charge in [-0.2, -0.15) is 0 Å². The number of phenolic OH excluding ortho intramolecular Hbond substituents is 1. The van der Waals surface area contributed by atoms with E-state index < -0.39 is 0 Å². The normalized spacial score (nSPS) is 11.3. The molecular weight excluding hydrogens is 350 g/mol. The second-order valence-electron chi connectivity index (χ2n) is 6.09. The number of hydrogen-bond donors (Lipinski definition) is 4. The molecule has 0 radical (unpaired) electrons. The average Bonchev–Trinajstić information content (AvgIpc) is 3.12. The number of aromatic hydroxyl groups is 1. The Bertz CT molecular complexity index is 1240. The molecule has 6 heteroatoms. The molecule has 5 N–H and O–H groups in total. The van der Waals surface area contributed by atoms with E-state index >= 15 is 0 Å². The van der Waals surface area contributed by atoms with E-state index in [0.717, 1.165) is 38.6 Å². The van der Waals surface area contributed by atoms with Crippen molar-refractivity contribution in [3.63, 3.8) is 0 Å². The standard InChI is InChI=1S/C20H17N5O.C2H6/c1-11-10-12(26)6-7-13(11)17-15-8-9-23-18(15)19(25-20(21)22)14-4-2-3-5-16(14)24-17;1-2/h2-10,23,26H,1H3,(H3,21,22);1-2H3/b25-19-;. The summed E-state index contributed by atoms with van der Waals surface area (Å²) in [6.45, 7) is 5.94. The summed E-state index contributed by atoms with van der Waals surface area (Å²) in [7, 11) is 0. The fraction of sp³-hybridized carbons (Fsp3) is 0.136. The number of nitrogens with two attached hydrogens (primary N) is 1. The van der Waals surface area contributed by atoms with Gasteiger partial charge in [-0.1, -0.05) is 32.0 Å². The molecule has 28 heavy (non-hydrogen) atoms. The lowest BCUT2D eigenvalue weighted by molar-refractivity contribution is 0.475. The van der Waals surface area contributed by atoms with Crippen molar-refractivity contribution >= 4 is 27.8 Å².